The Morgan fingerprint density at radius 1 is 1.00 bits per heavy atom. The highest BCUT2D eigenvalue weighted by molar-refractivity contribution is 5.85. The first kappa shape index (κ1) is 24.5. The van der Waals surface area contributed by atoms with Gasteiger partial charge in [0, 0.05) is 25.5 Å². The molecule has 1 saturated carbocycles. The van der Waals surface area contributed by atoms with Gasteiger partial charge in [-0.1, -0.05) is 20.8 Å². The molecular formula is C19H36N2O5. The molecule has 7 heteroatoms. The third-order valence-corrected chi connectivity index (χ3v) is 4.16. The van der Waals surface area contributed by atoms with Gasteiger partial charge in [-0.15, -0.1) is 0 Å². The Morgan fingerprint density at radius 3 is 2.23 bits per heavy atom. The standard InChI is InChI=1S/C17H30N2O5.C2H6/c1-3-4-15(20)13-5-7-14(8-6-13)19-16(21)11-18-17(22)12-24-10-9-23-2;1-2/h13-14H,3-12H2,1-2H3,(H,18,22)(H,19,21);1-2H3. The van der Waals surface area contributed by atoms with Crippen molar-refractivity contribution in [3.05, 3.63) is 0 Å². The number of rotatable bonds is 11. The van der Waals surface area contributed by atoms with Crippen molar-refractivity contribution in [1.82, 2.24) is 10.6 Å². The van der Waals surface area contributed by atoms with Crippen LogP contribution in [0.5, 0.6) is 0 Å². The molecule has 2 N–H and O–H groups in total. The van der Waals surface area contributed by atoms with Crippen molar-refractivity contribution < 1.29 is 23.9 Å². The summed E-state index contributed by atoms with van der Waals surface area (Å²) in [5.74, 6) is -0.0243. The topological polar surface area (TPSA) is 93.7 Å². The highest BCUT2D eigenvalue weighted by Crippen LogP contribution is 2.26. The average Bonchev–Trinajstić information content (AvgIpc) is 2.66. The van der Waals surface area contributed by atoms with E-state index in [1.54, 1.807) is 7.11 Å². The fraction of sp³-hybridized carbons (Fsp3) is 0.842. The van der Waals surface area contributed by atoms with Crippen molar-refractivity contribution in [2.45, 2.75) is 65.3 Å². The summed E-state index contributed by atoms with van der Waals surface area (Å²) < 4.78 is 9.87. The second-order valence-corrected chi connectivity index (χ2v) is 6.15. The highest BCUT2D eigenvalue weighted by atomic mass is 16.5. The summed E-state index contributed by atoms with van der Waals surface area (Å²) in [5.41, 5.74) is 0. The van der Waals surface area contributed by atoms with Gasteiger partial charge in [0.05, 0.1) is 19.8 Å². The molecule has 0 atom stereocenters. The van der Waals surface area contributed by atoms with E-state index < -0.39 is 0 Å². The van der Waals surface area contributed by atoms with Crippen LogP contribution in [0.1, 0.15) is 59.3 Å². The van der Waals surface area contributed by atoms with Crippen LogP contribution in [0.4, 0.5) is 0 Å². The summed E-state index contributed by atoms with van der Waals surface area (Å²) in [5, 5.41) is 5.44. The van der Waals surface area contributed by atoms with Gasteiger partial charge in [-0.2, -0.15) is 0 Å². The van der Waals surface area contributed by atoms with Crippen molar-refractivity contribution >= 4 is 17.6 Å². The monoisotopic (exact) mass is 372 g/mol. The van der Waals surface area contributed by atoms with Gasteiger partial charge >= 0.3 is 0 Å². The van der Waals surface area contributed by atoms with Crippen LogP contribution in [0, 0.1) is 5.92 Å². The fourth-order valence-electron chi connectivity index (χ4n) is 2.83. The molecule has 0 aromatic heterocycles. The van der Waals surface area contributed by atoms with E-state index in [0.717, 1.165) is 32.1 Å². The van der Waals surface area contributed by atoms with Crippen LogP contribution in [-0.2, 0) is 23.9 Å². The van der Waals surface area contributed by atoms with E-state index in [9.17, 15) is 14.4 Å². The van der Waals surface area contributed by atoms with E-state index in [1.807, 2.05) is 20.8 Å². The maximum absolute atomic E-state index is 11.9. The van der Waals surface area contributed by atoms with E-state index in [-0.39, 0.29) is 36.9 Å². The van der Waals surface area contributed by atoms with Crippen LogP contribution in [0.2, 0.25) is 0 Å². The number of ether oxygens (including phenoxy) is 2. The first-order valence-electron chi connectivity index (χ1n) is 9.72. The summed E-state index contributed by atoms with van der Waals surface area (Å²) in [6, 6.07) is 0.0954. The molecule has 0 unspecified atom stereocenters. The van der Waals surface area contributed by atoms with E-state index in [4.69, 9.17) is 9.47 Å². The molecule has 1 fully saturated rings. The van der Waals surface area contributed by atoms with Gasteiger partial charge in [0.2, 0.25) is 11.8 Å². The maximum Gasteiger partial charge on any atom is 0.246 e. The normalized spacial score (nSPS) is 19.1. The Kier molecular flexibility index (Phi) is 14.9. The van der Waals surface area contributed by atoms with Crippen molar-refractivity contribution in [3.8, 4) is 0 Å². The van der Waals surface area contributed by atoms with Crippen LogP contribution in [0.25, 0.3) is 0 Å². The van der Waals surface area contributed by atoms with Crippen LogP contribution < -0.4 is 10.6 Å². The quantitative estimate of drug-likeness (QED) is 0.540. The SMILES string of the molecule is CC.CCCC(=O)C1CCC(NC(=O)CNC(=O)COCCOC)CC1. The number of nitrogens with one attached hydrogen (secondary N) is 2. The van der Waals surface area contributed by atoms with Gasteiger partial charge in [-0.25, -0.2) is 0 Å². The lowest BCUT2D eigenvalue weighted by molar-refractivity contribution is -0.129. The molecule has 1 aliphatic rings. The Hall–Kier alpha value is -1.47. The molecular weight excluding hydrogens is 336 g/mol. The second kappa shape index (κ2) is 15.8. The minimum absolute atomic E-state index is 0.0544. The maximum atomic E-state index is 11.9. The molecule has 1 rings (SSSR count). The smallest absolute Gasteiger partial charge is 0.246 e. The molecule has 0 bridgehead atoms. The molecule has 152 valence electrons. The lowest BCUT2D eigenvalue weighted by Gasteiger charge is -2.28. The molecule has 0 spiro atoms. The zero-order valence-corrected chi connectivity index (χ0v) is 16.8. The van der Waals surface area contributed by atoms with Crippen LogP contribution >= 0.6 is 0 Å². The van der Waals surface area contributed by atoms with Crippen molar-refractivity contribution in [2.24, 2.45) is 5.92 Å². The molecule has 0 saturated heterocycles. The van der Waals surface area contributed by atoms with E-state index in [0.29, 0.717) is 25.4 Å². The number of ketones is 1. The minimum Gasteiger partial charge on any atom is -0.382 e. The van der Waals surface area contributed by atoms with Gasteiger partial charge in [0.25, 0.3) is 0 Å². The summed E-state index contributed by atoms with van der Waals surface area (Å²) >= 11 is 0. The van der Waals surface area contributed by atoms with Gasteiger partial charge in [0.1, 0.15) is 12.4 Å². The predicted molar refractivity (Wildman–Crippen MR) is 101 cm³/mol. The van der Waals surface area contributed by atoms with Crippen LogP contribution in [-0.4, -0.2) is 57.1 Å². The molecule has 1 aliphatic carbocycles. The summed E-state index contributed by atoms with van der Waals surface area (Å²) in [4.78, 5) is 35.2. The number of carbonyl (C=O) groups excluding carboxylic acids is 3. The highest BCUT2D eigenvalue weighted by Gasteiger charge is 2.26. The zero-order chi connectivity index (χ0) is 19.8. The Balaban J connectivity index is 0.00000301. The molecule has 0 aliphatic heterocycles. The molecule has 7 nitrogen and oxygen atoms in total. The van der Waals surface area contributed by atoms with E-state index in [2.05, 4.69) is 10.6 Å². The van der Waals surface area contributed by atoms with Gasteiger partial charge in [0.15, 0.2) is 0 Å². The first-order valence-corrected chi connectivity index (χ1v) is 9.72. The summed E-state index contributed by atoms with van der Waals surface area (Å²) in [6.07, 6.45) is 4.86. The van der Waals surface area contributed by atoms with Gasteiger partial charge < -0.3 is 20.1 Å². The van der Waals surface area contributed by atoms with Crippen molar-refractivity contribution in [3.63, 3.8) is 0 Å². The third kappa shape index (κ3) is 11.2. The van der Waals surface area contributed by atoms with Crippen molar-refractivity contribution in [2.75, 3.05) is 33.5 Å². The fourth-order valence-corrected chi connectivity index (χ4v) is 2.83. The second-order valence-electron chi connectivity index (χ2n) is 6.15. The number of hydrogen-bond acceptors (Lipinski definition) is 5. The Bertz CT molecular complexity index is 407. The van der Waals surface area contributed by atoms with Crippen LogP contribution in [0.15, 0.2) is 0 Å². The van der Waals surface area contributed by atoms with Gasteiger partial charge in [-0.3, -0.25) is 14.4 Å². The molecule has 0 aromatic carbocycles. The summed E-state index contributed by atoms with van der Waals surface area (Å²) in [7, 11) is 1.56. The number of carbonyl (C=O) groups is 3. The molecule has 0 heterocycles. The third-order valence-electron chi connectivity index (χ3n) is 4.16. The lowest BCUT2D eigenvalue weighted by Crippen LogP contribution is -2.44. The summed E-state index contributed by atoms with van der Waals surface area (Å²) in [6.45, 7) is 6.65. The number of methoxy groups -OCH3 is 1. The van der Waals surface area contributed by atoms with E-state index >= 15 is 0 Å². The van der Waals surface area contributed by atoms with Crippen molar-refractivity contribution in [1.29, 1.82) is 0 Å². The number of hydrogen-bond donors (Lipinski definition) is 2. The molecule has 2 amide bonds. The Morgan fingerprint density at radius 2 is 1.65 bits per heavy atom. The largest absolute Gasteiger partial charge is 0.382 e. The molecule has 26 heavy (non-hydrogen) atoms. The number of Topliss-reactive ketones (excluding diaryl/α,β-unsaturated/α-hetero) is 1. The number of amides is 2. The minimum atomic E-state index is -0.324. The Labute approximate surface area is 157 Å². The average molecular weight is 373 g/mol. The zero-order valence-electron chi connectivity index (χ0n) is 16.8. The molecule has 0 aromatic rings. The predicted octanol–water partition coefficient (Wildman–Crippen LogP) is 1.84. The first-order chi connectivity index (χ1) is 12.6. The van der Waals surface area contributed by atoms with E-state index in [1.165, 1.54) is 0 Å². The van der Waals surface area contributed by atoms with Gasteiger partial charge in [-0.05, 0) is 32.1 Å². The lowest BCUT2D eigenvalue weighted by atomic mass is 9.82. The van der Waals surface area contributed by atoms with Crippen LogP contribution in [0.3, 0.4) is 0 Å². The molecule has 0 radical (unpaired) electrons.